The molecular formula is C19H27N5. The number of aliphatic imine (C=N–C) groups is 1. The fourth-order valence-electron chi connectivity index (χ4n) is 3.28. The summed E-state index contributed by atoms with van der Waals surface area (Å²) in [6.07, 6.45) is 7.60. The minimum Gasteiger partial charge on any atom is -0.370 e. The molecule has 1 aliphatic rings. The Morgan fingerprint density at radius 3 is 2.67 bits per heavy atom. The van der Waals surface area contributed by atoms with E-state index in [-0.39, 0.29) is 0 Å². The Balaban J connectivity index is 1.72. The lowest BCUT2D eigenvalue weighted by Crippen LogP contribution is -2.24. The van der Waals surface area contributed by atoms with Crippen LogP contribution in [0.5, 0.6) is 0 Å². The van der Waals surface area contributed by atoms with Crippen LogP contribution in [-0.4, -0.2) is 15.5 Å². The molecule has 1 aromatic heterocycles. The second-order valence-electron chi connectivity index (χ2n) is 6.28. The maximum Gasteiger partial charge on any atom is 0.193 e. The first-order chi connectivity index (χ1) is 11.7. The molecule has 5 nitrogen and oxygen atoms in total. The first kappa shape index (κ1) is 16.6. The van der Waals surface area contributed by atoms with Gasteiger partial charge < -0.3 is 15.6 Å². The molecular weight excluding hydrogens is 298 g/mol. The van der Waals surface area contributed by atoms with Crippen molar-refractivity contribution in [2.75, 3.05) is 5.32 Å². The number of imidazole rings is 1. The van der Waals surface area contributed by atoms with Gasteiger partial charge in [0.15, 0.2) is 5.96 Å². The average Bonchev–Trinajstić information content (AvgIpc) is 3.03. The molecule has 0 fully saturated rings. The number of fused-ring (bicyclic) bond motifs is 1. The first-order valence-electron chi connectivity index (χ1n) is 8.93. The topological polar surface area (TPSA) is 68.2 Å². The number of hydrogen-bond acceptors (Lipinski definition) is 2. The molecule has 0 spiro atoms. The Hall–Kier alpha value is -2.30. The van der Waals surface area contributed by atoms with Crippen LogP contribution >= 0.6 is 0 Å². The van der Waals surface area contributed by atoms with Crippen LogP contribution in [0.25, 0.3) is 0 Å². The lowest BCUT2D eigenvalue weighted by Gasteiger charge is -2.14. The maximum absolute atomic E-state index is 6.13. The number of nitrogens with two attached hydrogens (primary N) is 1. The lowest BCUT2D eigenvalue weighted by atomic mass is 10.0. The molecule has 24 heavy (non-hydrogen) atoms. The van der Waals surface area contributed by atoms with E-state index in [1.807, 2.05) is 0 Å². The van der Waals surface area contributed by atoms with Crippen molar-refractivity contribution in [3.05, 3.63) is 47.0 Å². The SMILES string of the molecule is CCc1cccc(CC)c1NC(N)=NCc1cn2c(n1)CCCC2. The number of aryl methyl sites for hydroxylation is 4. The van der Waals surface area contributed by atoms with E-state index >= 15 is 0 Å². The van der Waals surface area contributed by atoms with Gasteiger partial charge in [-0.15, -0.1) is 0 Å². The summed E-state index contributed by atoms with van der Waals surface area (Å²) in [7, 11) is 0. The highest BCUT2D eigenvalue weighted by molar-refractivity contribution is 5.93. The highest BCUT2D eigenvalue weighted by Crippen LogP contribution is 2.22. The van der Waals surface area contributed by atoms with E-state index in [4.69, 9.17) is 5.73 Å². The molecule has 2 heterocycles. The van der Waals surface area contributed by atoms with Crippen LogP contribution in [0, 0.1) is 0 Å². The van der Waals surface area contributed by atoms with Gasteiger partial charge in [0.2, 0.25) is 0 Å². The van der Waals surface area contributed by atoms with Gasteiger partial charge in [-0.05, 0) is 36.8 Å². The molecule has 0 bridgehead atoms. The molecule has 2 aromatic rings. The summed E-state index contributed by atoms with van der Waals surface area (Å²) in [5, 5.41) is 3.31. The monoisotopic (exact) mass is 325 g/mol. The fourth-order valence-corrected chi connectivity index (χ4v) is 3.28. The van der Waals surface area contributed by atoms with E-state index in [0.717, 1.165) is 37.2 Å². The first-order valence-corrected chi connectivity index (χ1v) is 8.93. The van der Waals surface area contributed by atoms with Gasteiger partial charge >= 0.3 is 0 Å². The second-order valence-corrected chi connectivity index (χ2v) is 6.28. The molecule has 0 radical (unpaired) electrons. The number of hydrogen-bond donors (Lipinski definition) is 2. The van der Waals surface area contributed by atoms with Crippen molar-refractivity contribution < 1.29 is 0 Å². The molecule has 0 saturated heterocycles. The zero-order valence-electron chi connectivity index (χ0n) is 14.7. The van der Waals surface area contributed by atoms with E-state index in [1.165, 1.54) is 29.8 Å². The van der Waals surface area contributed by atoms with Gasteiger partial charge in [0.25, 0.3) is 0 Å². The lowest BCUT2D eigenvalue weighted by molar-refractivity contribution is 0.522. The molecule has 0 unspecified atom stereocenters. The Kier molecular flexibility index (Phi) is 5.18. The summed E-state index contributed by atoms with van der Waals surface area (Å²) >= 11 is 0. The summed E-state index contributed by atoms with van der Waals surface area (Å²) in [4.78, 5) is 9.16. The molecule has 1 aliphatic heterocycles. The zero-order chi connectivity index (χ0) is 16.9. The number of nitrogens with one attached hydrogen (secondary N) is 1. The predicted octanol–water partition coefficient (Wildman–Crippen LogP) is 3.27. The van der Waals surface area contributed by atoms with Crippen LogP contribution in [0.1, 0.15) is 49.3 Å². The van der Waals surface area contributed by atoms with Gasteiger partial charge in [0.05, 0.1) is 12.2 Å². The van der Waals surface area contributed by atoms with Crippen LogP contribution in [-0.2, 0) is 32.4 Å². The largest absolute Gasteiger partial charge is 0.370 e. The van der Waals surface area contributed by atoms with Crippen molar-refractivity contribution in [3.8, 4) is 0 Å². The van der Waals surface area contributed by atoms with Crippen LogP contribution < -0.4 is 11.1 Å². The summed E-state index contributed by atoms with van der Waals surface area (Å²) < 4.78 is 2.25. The Labute approximate surface area is 144 Å². The third-order valence-electron chi connectivity index (χ3n) is 4.62. The molecule has 0 aliphatic carbocycles. The Morgan fingerprint density at radius 2 is 2.00 bits per heavy atom. The summed E-state index contributed by atoms with van der Waals surface area (Å²) in [5.74, 6) is 1.64. The van der Waals surface area contributed by atoms with E-state index in [0.29, 0.717) is 12.5 Å². The van der Waals surface area contributed by atoms with E-state index in [9.17, 15) is 0 Å². The molecule has 3 N–H and O–H groups in total. The summed E-state index contributed by atoms with van der Waals surface area (Å²) in [6, 6.07) is 6.38. The maximum atomic E-state index is 6.13. The van der Waals surface area contributed by atoms with E-state index < -0.39 is 0 Å². The number of guanidine groups is 1. The number of anilines is 1. The summed E-state index contributed by atoms with van der Waals surface area (Å²) in [5.41, 5.74) is 10.8. The van der Waals surface area contributed by atoms with Crippen LogP contribution in [0.2, 0.25) is 0 Å². The fraction of sp³-hybridized carbons (Fsp3) is 0.474. The molecule has 5 heteroatoms. The predicted molar refractivity (Wildman–Crippen MR) is 99.3 cm³/mol. The third-order valence-corrected chi connectivity index (χ3v) is 4.62. The van der Waals surface area contributed by atoms with Crippen molar-refractivity contribution in [2.24, 2.45) is 10.7 Å². The highest BCUT2D eigenvalue weighted by Gasteiger charge is 2.12. The minimum atomic E-state index is 0.455. The molecule has 0 amide bonds. The molecule has 0 saturated carbocycles. The number of rotatable bonds is 5. The van der Waals surface area contributed by atoms with Gasteiger partial charge in [-0.25, -0.2) is 9.98 Å². The van der Waals surface area contributed by atoms with Gasteiger partial charge in [-0.2, -0.15) is 0 Å². The third kappa shape index (κ3) is 3.61. The van der Waals surface area contributed by atoms with E-state index in [1.54, 1.807) is 0 Å². The number of nitrogens with zero attached hydrogens (tertiary/aromatic N) is 3. The van der Waals surface area contributed by atoms with Gasteiger partial charge in [-0.1, -0.05) is 32.0 Å². The number of aromatic nitrogens is 2. The standard InChI is InChI=1S/C19H27N5/c1-3-14-8-7-9-15(4-2)18(14)23-19(20)21-12-16-13-24-11-6-5-10-17(24)22-16/h7-9,13H,3-6,10-12H2,1-2H3,(H3,20,21,23). The van der Waals surface area contributed by atoms with Crippen molar-refractivity contribution in [2.45, 2.75) is 59.0 Å². The smallest absolute Gasteiger partial charge is 0.193 e. The highest BCUT2D eigenvalue weighted by atomic mass is 15.1. The minimum absolute atomic E-state index is 0.455. The van der Waals surface area contributed by atoms with Crippen molar-refractivity contribution in [3.63, 3.8) is 0 Å². The zero-order valence-corrected chi connectivity index (χ0v) is 14.7. The van der Waals surface area contributed by atoms with Gasteiger partial charge in [0, 0.05) is 24.8 Å². The van der Waals surface area contributed by atoms with E-state index in [2.05, 4.69) is 58.1 Å². The average molecular weight is 325 g/mol. The summed E-state index contributed by atoms with van der Waals surface area (Å²) in [6.45, 7) is 5.91. The number of para-hydroxylation sites is 1. The molecule has 0 atom stereocenters. The van der Waals surface area contributed by atoms with Crippen LogP contribution in [0.4, 0.5) is 5.69 Å². The number of benzene rings is 1. The van der Waals surface area contributed by atoms with Gasteiger partial charge in [0.1, 0.15) is 5.82 Å². The van der Waals surface area contributed by atoms with Crippen molar-refractivity contribution in [1.29, 1.82) is 0 Å². The molecule has 3 rings (SSSR count). The van der Waals surface area contributed by atoms with Crippen LogP contribution in [0.3, 0.4) is 0 Å². The van der Waals surface area contributed by atoms with Crippen molar-refractivity contribution in [1.82, 2.24) is 9.55 Å². The Bertz CT molecular complexity index is 684. The molecule has 128 valence electrons. The van der Waals surface area contributed by atoms with Crippen molar-refractivity contribution >= 4 is 11.6 Å². The molecule has 1 aromatic carbocycles. The Morgan fingerprint density at radius 1 is 1.25 bits per heavy atom. The quantitative estimate of drug-likeness (QED) is 0.655. The second kappa shape index (κ2) is 7.51. The van der Waals surface area contributed by atoms with Gasteiger partial charge in [-0.3, -0.25) is 0 Å². The van der Waals surface area contributed by atoms with Crippen LogP contribution in [0.15, 0.2) is 29.4 Å². The normalized spacial score (nSPS) is 14.5.